The molecule has 1 aromatic carbocycles. The monoisotopic (exact) mass is 393 g/mol. The quantitative estimate of drug-likeness (QED) is 0.540. The van der Waals surface area contributed by atoms with E-state index in [2.05, 4.69) is 4.72 Å². The van der Waals surface area contributed by atoms with Crippen molar-refractivity contribution in [3.8, 4) is 5.75 Å². The molecule has 0 amide bonds. The molecule has 0 aromatic heterocycles. The summed E-state index contributed by atoms with van der Waals surface area (Å²) in [5.41, 5.74) is 5.24. The molecule has 8 nitrogen and oxygen atoms in total. The molecule has 1 aliphatic rings. The van der Waals surface area contributed by atoms with Gasteiger partial charge >= 0.3 is 0 Å². The number of benzene rings is 1. The first-order valence-corrected chi connectivity index (χ1v) is 9.42. The van der Waals surface area contributed by atoms with Gasteiger partial charge < -0.3 is 10.5 Å². The Labute approximate surface area is 153 Å². The lowest BCUT2D eigenvalue weighted by Gasteiger charge is -2.29. The second-order valence-corrected chi connectivity index (χ2v) is 7.63. The number of hydrogen-bond donors (Lipinski definition) is 2. The molecule has 1 atom stereocenters. The molecule has 0 spiro atoms. The highest BCUT2D eigenvalue weighted by molar-refractivity contribution is 7.89. The molecule has 25 heavy (non-hydrogen) atoms. The zero-order valence-electron chi connectivity index (χ0n) is 14.0. The van der Waals surface area contributed by atoms with Crippen molar-refractivity contribution < 1.29 is 18.1 Å². The third kappa shape index (κ3) is 5.27. The summed E-state index contributed by atoms with van der Waals surface area (Å²) in [7, 11) is -2.69. The van der Waals surface area contributed by atoms with E-state index in [1.54, 1.807) is 0 Å². The molecule has 1 unspecified atom stereocenters. The summed E-state index contributed by atoms with van der Waals surface area (Å²) in [6.45, 7) is 0.161. The number of rotatable bonds is 7. The van der Waals surface area contributed by atoms with E-state index in [9.17, 15) is 18.5 Å². The topological polar surface area (TPSA) is 125 Å². The van der Waals surface area contributed by atoms with Crippen molar-refractivity contribution in [3.63, 3.8) is 0 Å². The van der Waals surface area contributed by atoms with Crippen LogP contribution in [0.25, 0.3) is 0 Å². The van der Waals surface area contributed by atoms with Crippen LogP contribution in [0, 0.1) is 16.0 Å². The molecule has 0 bridgehead atoms. The van der Waals surface area contributed by atoms with Gasteiger partial charge in [0.2, 0.25) is 10.0 Å². The Kier molecular flexibility index (Phi) is 8.07. The van der Waals surface area contributed by atoms with Crippen LogP contribution in [0.1, 0.15) is 32.1 Å². The van der Waals surface area contributed by atoms with Gasteiger partial charge in [-0.05, 0) is 30.9 Å². The molecule has 1 aliphatic carbocycles. The standard InChI is InChI=1S/C15H23N3O5S.ClH/c1-23-12-7-8-15(14(9-12)18(19)20)24(21,22)17-13(10-16)11-5-3-2-4-6-11;/h7-9,11,13,17H,2-6,10,16H2,1H3;1H. The molecule has 1 saturated carbocycles. The molecule has 1 aromatic rings. The van der Waals surface area contributed by atoms with Crippen LogP contribution in [-0.2, 0) is 10.0 Å². The summed E-state index contributed by atoms with van der Waals surface area (Å²) in [6, 6.07) is 3.26. The number of hydrogen-bond acceptors (Lipinski definition) is 6. The number of methoxy groups -OCH3 is 1. The predicted octanol–water partition coefficient (Wildman–Crippen LogP) is 2.21. The Bertz CT molecular complexity index is 692. The van der Waals surface area contributed by atoms with E-state index < -0.39 is 26.7 Å². The number of ether oxygens (including phenoxy) is 1. The lowest BCUT2D eigenvalue weighted by atomic mass is 9.84. The van der Waals surface area contributed by atoms with Crippen molar-refractivity contribution >= 4 is 28.1 Å². The first-order chi connectivity index (χ1) is 11.4. The Morgan fingerprint density at radius 3 is 2.52 bits per heavy atom. The third-order valence-corrected chi connectivity index (χ3v) is 5.97. The Balaban J connectivity index is 0.00000312. The van der Waals surface area contributed by atoms with Crippen molar-refractivity contribution in [1.29, 1.82) is 0 Å². The number of nitrogens with zero attached hydrogens (tertiary/aromatic N) is 1. The summed E-state index contributed by atoms with van der Waals surface area (Å²) < 4.78 is 32.8. The molecule has 0 radical (unpaired) electrons. The number of nitrogens with two attached hydrogens (primary N) is 1. The highest BCUT2D eigenvalue weighted by Gasteiger charge is 2.31. The van der Waals surface area contributed by atoms with E-state index in [-0.39, 0.29) is 35.5 Å². The number of sulfonamides is 1. The third-order valence-electron chi connectivity index (χ3n) is 4.43. The van der Waals surface area contributed by atoms with Gasteiger partial charge in [-0.15, -0.1) is 12.4 Å². The summed E-state index contributed by atoms with van der Waals surface area (Å²) in [5.74, 6) is 0.388. The molecule has 0 aliphatic heterocycles. The first-order valence-electron chi connectivity index (χ1n) is 7.94. The minimum Gasteiger partial charge on any atom is -0.497 e. The highest BCUT2D eigenvalue weighted by Crippen LogP contribution is 2.30. The zero-order valence-corrected chi connectivity index (χ0v) is 15.6. The van der Waals surface area contributed by atoms with E-state index in [1.165, 1.54) is 19.2 Å². The van der Waals surface area contributed by atoms with Crippen molar-refractivity contribution in [2.24, 2.45) is 11.7 Å². The van der Waals surface area contributed by atoms with Crippen molar-refractivity contribution in [1.82, 2.24) is 4.72 Å². The van der Waals surface area contributed by atoms with E-state index >= 15 is 0 Å². The molecule has 142 valence electrons. The zero-order chi connectivity index (χ0) is 17.7. The van der Waals surface area contributed by atoms with Crippen LogP contribution >= 0.6 is 12.4 Å². The predicted molar refractivity (Wildman–Crippen MR) is 96.6 cm³/mol. The average molecular weight is 394 g/mol. The molecule has 1 fully saturated rings. The number of halogens is 1. The number of nitro benzene ring substituents is 1. The van der Waals surface area contributed by atoms with Crippen molar-refractivity contribution in [2.75, 3.05) is 13.7 Å². The Morgan fingerprint density at radius 2 is 2.00 bits per heavy atom. The van der Waals surface area contributed by atoms with Crippen LogP contribution in [0.15, 0.2) is 23.1 Å². The lowest BCUT2D eigenvalue weighted by Crippen LogP contribution is -2.45. The van der Waals surface area contributed by atoms with Crippen LogP contribution in [0.5, 0.6) is 5.75 Å². The van der Waals surface area contributed by atoms with Crippen LogP contribution in [-0.4, -0.2) is 33.0 Å². The average Bonchev–Trinajstić information content (AvgIpc) is 2.59. The first kappa shape index (κ1) is 21.6. The van der Waals surface area contributed by atoms with Gasteiger partial charge in [-0.3, -0.25) is 10.1 Å². The molecular formula is C15H24ClN3O5S. The molecule has 10 heteroatoms. The van der Waals surface area contributed by atoms with Crippen molar-refractivity contribution in [3.05, 3.63) is 28.3 Å². The van der Waals surface area contributed by atoms with E-state index in [0.29, 0.717) is 0 Å². The van der Waals surface area contributed by atoms with Crippen molar-refractivity contribution in [2.45, 2.75) is 43.0 Å². The Morgan fingerprint density at radius 1 is 1.36 bits per heavy atom. The maximum Gasteiger partial charge on any atom is 0.293 e. The lowest BCUT2D eigenvalue weighted by molar-refractivity contribution is -0.387. The summed E-state index contributed by atoms with van der Waals surface area (Å²) in [5, 5.41) is 11.2. The second-order valence-electron chi connectivity index (χ2n) is 5.95. The van der Waals surface area contributed by atoms with Gasteiger partial charge in [-0.25, -0.2) is 13.1 Å². The smallest absolute Gasteiger partial charge is 0.293 e. The van der Waals surface area contributed by atoms with Crippen LogP contribution < -0.4 is 15.2 Å². The van der Waals surface area contributed by atoms with Gasteiger partial charge in [0.05, 0.1) is 18.1 Å². The van der Waals surface area contributed by atoms with E-state index in [4.69, 9.17) is 10.5 Å². The number of nitrogens with one attached hydrogen (secondary N) is 1. The maximum absolute atomic E-state index is 12.7. The second kappa shape index (κ2) is 9.33. The van der Waals surface area contributed by atoms with Gasteiger partial charge in [-0.1, -0.05) is 19.3 Å². The maximum atomic E-state index is 12.7. The Hall–Kier alpha value is -1.42. The largest absolute Gasteiger partial charge is 0.497 e. The summed E-state index contributed by atoms with van der Waals surface area (Å²) in [4.78, 5) is 10.1. The fraction of sp³-hybridized carbons (Fsp3) is 0.600. The highest BCUT2D eigenvalue weighted by atomic mass is 35.5. The minimum absolute atomic E-state index is 0. The molecule has 3 N–H and O–H groups in total. The fourth-order valence-electron chi connectivity index (χ4n) is 3.13. The van der Waals surface area contributed by atoms with Crippen LogP contribution in [0.4, 0.5) is 5.69 Å². The van der Waals surface area contributed by atoms with E-state index in [1.807, 2.05) is 0 Å². The van der Waals surface area contributed by atoms with Gasteiger partial charge in [0.1, 0.15) is 5.75 Å². The van der Waals surface area contributed by atoms with Crippen LogP contribution in [0.2, 0.25) is 0 Å². The molecule has 2 rings (SSSR count). The fourth-order valence-corrected chi connectivity index (χ4v) is 4.60. The molecular weight excluding hydrogens is 370 g/mol. The van der Waals surface area contributed by atoms with Gasteiger partial charge in [-0.2, -0.15) is 0 Å². The molecule has 0 saturated heterocycles. The van der Waals surface area contributed by atoms with E-state index in [0.717, 1.165) is 38.2 Å². The molecule has 0 heterocycles. The normalized spacial score (nSPS) is 16.7. The van der Waals surface area contributed by atoms with Crippen LogP contribution in [0.3, 0.4) is 0 Å². The SMILES string of the molecule is COc1ccc(S(=O)(=O)NC(CN)C2CCCCC2)c([N+](=O)[O-])c1.Cl. The van der Waals surface area contributed by atoms with Gasteiger partial charge in [0, 0.05) is 12.6 Å². The summed E-state index contributed by atoms with van der Waals surface area (Å²) in [6.07, 6.45) is 5.06. The summed E-state index contributed by atoms with van der Waals surface area (Å²) >= 11 is 0. The van der Waals surface area contributed by atoms with Gasteiger partial charge in [0.15, 0.2) is 4.90 Å². The van der Waals surface area contributed by atoms with Gasteiger partial charge in [0.25, 0.3) is 5.69 Å². The minimum atomic E-state index is -4.05. The number of nitro groups is 1.